The van der Waals surface area contributed by atoms with E-state index in [0.29, 0.717) is 0 Å². The zero-order valence-corrected chi connectivity index (χ0v) is 14.2. The second-order valence-corrected chi connectivity index (χ2v) is 6.30. The quantitative estimate of drug-likeness (QED) is 0.489. The van der Waals surface area contributed by atoms with Gasteiger partial charge in [-0.2, -0.15) is 0 Å². The minimum Gasteiger partial charge on any atom is -0.309 e. The SMILES string of the molecule is c1ccc(-c2ccc(CNCc3cccc4ccccc34)cc2)cc1. The fourth-order valence-corrected chi connectivity index (χ4v) is 3.23. The second kappa shape index (κ2) is 7.33. The van der Waals surface area contributed by atoms with E-state index in [1.54, 1.807) is 0 Å². The maximum Gasteiger partial charge on any atom is 0.0214 e. The van der Waals surface area contributed by atoms with Crippen LogP contribution in [0.1, 0.15) is 11.1 Å². The summed E-state index contributed by atoms with van der Waals surface area (Å²) >= 11 is 0. The van der Waals surface area contributed by atoms with Crippen LogP contribution in [-0.2, 0) is 13.1 Å². The van der Waals surface area contributed by atoms with E-state index in [0.717, 1.165) is 13.1 Å². The third-order valence-corrected chi connectivity index (χ3v) is 4.59. The molecule has 122 valence electrons. The molecule has 0 fully saturated rings. The maximum atomic E-state index is 3.57. The first-order chi connectivity index (χ1) is 12.4. The van der Waals surface area contributed by atoms with Crippen molar-refractivity contribution in [1.82, 2.24) is 5.32 Å². The van der Waals surface area contributed by atoms with Crippen LogP contribution in [0.2, 0.25) is 0 Å². The summed E-state index contributed by atoms with van der Waals surface area (Å²) in [5.74, 6) is 0. The minimum absolute atomic E-state index is 0.873. The largest absolute Gasteiger partial charge is 0.309 e. The fourth-order valence-electron chi connectivity index (χ4n) is 3.23. The van der Waals surface area contributed by atoms with Gasteiger partial charge in [0.25, 0.3) is 0 Å². The van der Waals surface area contributed by atoms with Crippen LogP contribution in [0, 0.1) is 0 Å². The summed E-state index contributed by atoms with van der Waals surface area (Å²) in [7, 11) is 0. The van der Waals surface area contributed by atoms with Gasteiger partial charge in [-0.05, 0) is 33.0 Å². The third kappa shape index (κ3) is 3.62. The second-order valence-electron chi connectivity index (χ2n) is 6.30. The number of hydrogen-bond acceptors (Lipinski definition) is 1. The molecule has 0 aliphatic rings. The number of nitrogens with one attached hydrogen (secondary N) is 1. The van der Waals surface area contributed by atoms with E-state index in [-0.39, 0.29) is 0 Å². The van der Waals surface area contributed by atoms with Crippen LogP contribution in [0.4, 0.5) is 0 Å². The van der Waals surface area contributed by atoms with Gasteiger partial charge in [0.1, 0.15) is 0 Å². The zero-order valence-electron chi connectivity index (χ0n) is 14.2. The molecule has 25 heavy (non-hydrogen) atoms. The van der Waals surface area contributed by atoms with Crippen LogP contribution in [0.25, 0.3) is 21.9 Å². The van der Waals surface area contributed by atoms with Gasteiger partial charge in [0, 0.05) is 13.1 Å². The first kappa shape index (κ1) is 15.6. The van der Waals surface area contributed by atoms with Crippen molar-refractivity contribution in [1.29, 1.82) is 0 Å². The predicted molar refractivity (Wildman–Crippen MR) is 106 cm³/mol. The molecule has 0 aromatic heterocycles. The highest BCUT2D eigenvalue weighted by molar-refractivity contribution is 5.85. The summed E-state index contributed by atoms with van der Waals surface area (Å²) < 4.78 is 0. The topological polar surface area (TPSA) is 12.0 Å². The van der Waals surface area contributed by atoms with Crippen LogP contribution in [0.3, 0.4) is 0 Å². The molecule has 0 amide bonds. The molecule has 0 aliphatic carbocycles. The number of rotatable bonds is 5. The highest BCUT2D eigenvalue weighted by Gasteiger charge is 2.01. The van der Waals surface area contributed by atoms with Crippen molar-refractivity contribution >= 4 is 10.8 Å². The van der Waals surface area contributed by atoms with Crippen LogP contribution < -0.4 is 5.32 Å². The van der Waals surface area contributed by atoms with E-state index in [2.05, 4.69) is 102 Å². The Labute approximate surface area is 149 Å². The normalized spacial score (nSPS) is 10.9. The highest BCUT2D eigenvalue weighted by Crippen LogP contribution is 2.20. The van der Waals surface area contributed by atoms with E-state index in [9.17, 15) is 0 Å². The van der Waals surface area contributed by atoms with Gasteiger partial charge in [-0.3, -0.25) is 0 Å². The monoisotopic (exact) mass is 323 g/mol. The van der Waals surface area contributed by atoms with Gasteiger partial charge in [0.2, 0.25) is 0 Å². The highest BCUT2D eigenvalue weighted by atomic mass is 14.8. The lowest BCUT2D eigenvalue weighted by Gasteiger charge is -2.09. The van der Waals surface area contributed by atoms with E-state index >= 15 is 0 Å². The average Bonchev–Trinajstić information content (AvgIpc) is 2.69. The van der Waals surface area contributed by atoms with Crippen molar-refractivity contribution in [2.24, 2.45) is 0 Å². The fraction of sp³-hybridized carbons (Fsp3) is 0.0833. The molecule has 0 radical (unpaired) electrons. The van der Waals surface area contributed by atoms with Crippen molar-refractivity contribution in [2.75, 3.05) is 0 Å². The molecule has 0 saturated heterocycles. The number of benzene rings is 4. The molecule has 1 nitrogen and oxygen atoms in total. The molecule has 1 N–H and O–H groups in total. The number of hydrogen-bond donors (Lipinski definition) is 1. The molecule has 0 unspecified atom stereocenters. The zero-order chi connectivity index (χ0) is 16.9. The van der Waals surface area contributed by atoms with Gasteiger partial charge < -0.3 is 5.32 Å². The van der Waals surface area contributed by atoms with E-state index in [1.165, 1.54) is 33.0 Å². The minimum atomic E-state index is 0.873. The molecule has 0 heterocycles. The summed E-state index contributed by atoms with van der Waals surface area (Å²) in [6, 6.07) is 34.4. The van der Waals surface area contributed by atoms with Crippen molar-refractivity contribution in [2.45, 2.75) is 13.1 Å². The van der Waals surface area contributed by atoms with Crippen molar-refractivity contribution < 1.29 is 0 Å². The number of fused-ring (bicyclic) bond motifs is 1. The Morgan fingerprint density at radius 1 is 0.520 bits per heavy atom. The van der Waals surface area contributed by atoms with Crippen LogP contribution >= 0.6 is 0 Å². The first-order valence-electron chi connectivity index (χ1n) is 8.72. The molecule has 0 atom stereocenters. The lowest BCUT2D eigenvalue weighted by atomic mass is 10.0. The van der Waals surface area contributed by atoms with Crippen molar-refractivity contribution in [3.05, 3.63) is 108 Å². The Bertz CT molecular complexity index is 951. The van der Waals surface area contributed by atoms with E-state index in [1.807, 2.05) is 0 Å². The summed E-state index contributed by atoms with van der Waals surface area (Å²) in [6.07, 6.45) is 0. The molecule has 0 aliphatic heterocycles. The summed E-state index contributed by atoms with van der Waals surface area (Å²) in [5.41, 5.74) is 5.18. The Hall–Kier alpha value is -2.90. The van der Waals surface area contributed by atoms with Crippen molar-refractivity contribution in [3.8, 4) is 11.1 Å². The standard InChI is InChI=1S/C24H21N/c1-2-7-20(8-3-1)21-15-13-19(14-16-21)17-25-18-23-11-6-10-22-9-4-5-12-24(22)23/h1-16,25H,17-18H2. The van der Waals surface area contributed by atoms with Crippen LogP contribution in [0.15, 0.2) is 97.1 Å². The molecule has 1 heteroatoms. The summed E-state index contributed by atoms with van der Waals surface area (Å²) in [4.78, 5) is 0. The molecule has 4 aromatic rings. The molecular formula is C24H21N. The lowest BCUT2D eigenvalue weighted by Crippen LogP contribution is -2.12. The van der Waals surface area contributed by atoms with Gasteiger partial charge in [-0.25, -0.2) is 0 Å². The molecular weight excluding hydrogens is 302 g/mol. The smallest absolute Gasteiger partial charge is 0.0214 e. The van der Waals surface area contributed by atoms with Crippen molar-refractivity contribution in [3.63, 3.8) is 0 Å². The first-order valence-corrected chi connectivity index (χ1v) is 8.72. The van der Waals surface area contributed by atoms with E-state index in [4.69, 9.17) is 0 Å². The Morgan fingerprint density at radius 2 is 1.20 bits per heavy atom. The Morgan fingerprint density at radius 3 is 2.04 bits per heavy atom. The van der Waals surface area contributed by atoms with Gasteiger partial charge in [-0.15, -0.1) is 0 Å². The Kier molecular flexibility index (Phi) is 4.58. The lowest BCUT2D eigenvalue weighted by molar-refractivity contribution is 0.696. The van der Waals surface area contributed by atoms with Crippen LogP contribution in [0.5, 0.6) is 0 Å². The molecule has 4 rings (SSSR count). The van der Waals surface area contributed by atoms with Crippen LogP contribution in [-0.4, -0.2) is 0 Å². The van der Waals surface area contributed by atoms with Gasteiger partial charge in [0.15, 0.2) is 0 Å². The molecule has 4 aromatic carbocycles. The Balaban J connectivity index is 1.42. The summed E-state index contributed by atoms with van der Waals surface area (Å²) in [5, 5.41) is 6.20. The predicted octanol–water partition coefficient (Wildman–Crippen LogP) is 5.80. The molecule has 0 spiro atoms. The third-order valence-electron chi connectivity index (χ3n) is 4.59. The maximum absolute atomic E-state index is 3.57. The van der Waals surface area contributed by atoms with E-state index < -0.39 is 0 Å². The van der Waals surface area contributed by atoms with Gasteiger partial charge in [-0.1, -0.05) is 97.1 Å². The molecule has 0 saturated carbocycles. The molecule has 0 bridgehead atoms. The summed E-state index contributed by atoms with van der Waals surface area (Å²) in [6.45, 7) is 1.75. The van der Waals surface area contributed by atoms with Gasteiger partial charge >= 0.3 is 0 Å². The average molecular weight is 323 g/mol. The van der Waals surface area contributed by atoms with Gasteiger partial charge in [0.05, 0.1) is 0 Å².